The molecule has 0 saturated heterocycles. The molecular weight excluding hydrogens is 380 g/mol. The molecule has 0 heterocycles. The lowest BCUT2D eigenvalue weighted by atomic mass is 10.0. The molecule has 0 aliphatic carbocycles. The summed E-state index contributed by atoms with van der Waals surface area (Å²) in [5.41, 5.74) is 0. The zero-order valence-corrected chi connectivity index (χ0v) is 20.0. The van der Waals surface area contributed by atoms with Crippen LogP contribution >= 0.6 is 0 Å². The predicted octanol–water partition coefficient (Wildman–Crippen LogP) is 6.84. The van der Waals surface area contributed by atoms with Gasteiger partial charge in [0.1, 0.15) is 0 Å². The third kappa shape index (κ3) is 16.7. The highest BCUT2D eigenvalue weighted by atomic mass is 16.7. The van der Waals surface area contributed by atoms with E-state index in [9.17, 15) is 14.7 Å². The summed E-state index contributed by atoms with van der Waals surface area (Å²) < 4.78 is 9.30. The fourth-order valence-electron chi connectivity index (χ4n) is 3.86. The average Bonchev–Trinajstić information content (AvgIpc) is 2.71. The fourth-order valence-corrected chi connectivity index (χ4v) is 3.86. The smallest absolute Gasteiger partial charge is 0.379 e. The summed E-state index contributed by atoms with van der Waals surface area (Å²) in [6.07, 6.45) is 23.0. The molecule has 0 aliphatic heterocycles. The van der Waals surface area contributed by atoms with Crippen molar-refractivity contribution in [2.75, 3.05) is 7.11 Å². The van der Waals surface area contributed by atoms with E-state index in [0.29, 0.717) is 6.42 Å². The van der Waals surface area contributed by atoms with Gasteiger partial charge in [0.25, 0.3) is 0 Å². The van der Waals surface area contributed by atoms with E-state index < -0.39 is 17.7 Å². The molecule has 0 aromatic rings. The first-order valence-corrected chi connectivity index (χ1v) is 12.5. The molecule has 1 N–H and O–H groups in total. The highest BCUT2D eigenvalue weighted by Crippen LogP contribution is 2.20. The average molecular weight is 429 g/mol. The van der Waals surface area contributed by atoms with E-state index in [4.69, 9.17) is 4.74 Å². The van der Waals surface area contributed by atoms with Gasteiger partial charge in [-0.25, -0.2) is 4.79 Å². The van der Waals surface area contributed by atoms with E-state index in [0.717, 1.165) is 12.8 Å². The normalized spacial score (nSPS) is 13.1. The molecule has 178 valence electrons. The number of hydrogen-bond donors (Lipinski definition) is 1. The number of aliphatic hydroxyl groups is 1. The Kier molecular flexibility index (Phi) is 19.1. The number of methoxy groups -OCH3 is 1. The quantitative estimate of drug-likeness (QED) is 0.123. The summed E-state index contributed by atoms with van der Waals surface area (Å²) in [4.78, 5) is 22.7. The molecular formula is C25H48O5. The Bertz CT molecular complexity index is 424. The molecule has 0 aliphatic rings. The van der Waals surface area contributed by atoms with E-state index in [1.165, 1.54) is 110 Å². The minimum Gasteiger partial charge on any atom is -0.464 e. The highest BCUT2D eigenvalue weighted by Gasteiger charge is 2.40. The largest absolute Gasteiger partial charge is 0.464 e. The third-order valence-electron chi connectivity index (χ3n) is 5.69. The van der Waals surface area contributed by atoms with Gasteiger partial charge in [-0.2, -0.15) is 0 Å². The van der Waals surface area contributed by atoms with Crippen molar-refractivity contribution in [2.45, 2.75) is 142 Å². The monoisotopic (exact) mass is 428 g/mol. The van der Waals surface area contributed by atoms with Gasteiger partial charge in [-0.3, -0.25) is 4.79 Å². The summed E-state index contributed by atoms with van der Waals surface area (Å²) >= 11 is 0. The number of rotatable bonds is 21. The molecule has 30 heavy (non-hydrogen) atoms. The minimum atomic E-state index is -2.14. The predicted molar refractivity (Wildman–Crippen MR) is 122 cm³/mol. The Morgan fingerprint density at radius 2 is 1.00 bits per heavy atom. The highest BCUT2D eigenvalue weighted by molar-refractivity contribution is 5.80. The molecule has 0 amide bonds. The first-order chi connectivity index (χ1) is 14.5. The summed E-state index contributed by atoms with van der Waals surface area (Å²) in [6.45, 7) is 3.44. The Morgan fingerprint density at radius 3 is 1.30 bits per heavy atom. The van der Waals surface area contributed by atoms with Crippen LogP contribution in [0.2, 0.25) is 0 Å². The van der Waals surface area contributed by atoms with Gasteiger partial charge in [0.15, 0.2) is 0 Å². The van der Waals surface area contributed by atoms with E-state index in [1.54, 1.807) is 0 Å². The fraction of sp³-hybridized carbons (Fsp3) is 0.920. The van der Waals surface area contributed by atoms with E-state index >= 15 is 0 Å². The molecule has 5 nitrogen and oxygen atoms in total. The lowest BCUT2D eigenvalue weighted by molar-refractivity contribution is -0.226. The Hall–Kier alpha value is -1.10. The lowest BCUT2D eigenvalue weighted by Gasteiger charge is -2.24. The van der Waals surface area contributed by atoms with Crippen LogP contribution < -0.4 is 0 Å². The van der Waals surface area contributed by atoms with Crippen LogP contribution in [0.5, 0.6) is 0 Å². The van der Waals surface area contributed by atoms with Crippen LogP contribution in [0.4, 0.5) is 0 Å². The molecule has 0 fully saturated rings. The summed E-state index contributed by atoms with van der Waals surface area (Å²) in [5, 5.41) is 10.2. The number of ether oxygens (including phenoxy) is 2. The van der Waals surface area contributed by atoms with Crippen molar-refractivity contribution in [1.82, 2.24) is 0 Å². The summed E-state index contributed by atoms with van der Waals surface area (Å²) in [5.74, 6) is -3.75. The van der Waals surface area contributed by atoms with Gasteiger partial charge in [-0.1, -0.05) is 116 Å². The van der Waals surface area contributed by atoms with Gasteiger partial charge >= 0.3 is 17.7 Å². The molecule has 1 atom stereocenters. The summed E-state index contributed by atoms with van der Waals surface area (Å²) in [6, 6.07) is 0. The van der Waals surface area contributed by atoms with Gasteiger partial charge < -0.3 is 14.6 Å². The number of esters is 2. The molecule has 0 spiro atoms. The van der Waals surface area contributed by atoms with E-state index in [1.807, 2.05) is 0 Å². The van der Waals surface area contributed by atoms with Gasteiger partial charge in [-0.15, -0.1) is 0 Å². The molecule has 5 heteroatoms. The van der Waals surface area contributed by atoms with Crippen molar-refractivity contribution in [3.63, 3.8) is 0 Å². The number of hydrogen-bond acceptors (Lipinski definition) is 5. The standard InChI is InChI=1S/C25H48O5/c1-4-5-6-7-8-9-10-11-12-13-14-15-16-17-18-19-20-21-22-25(28,24(27)29-3)30-23(2)26/h28H,4-22H2,1-3H3. The zero-order valence-electron chi connectivity index (χ0n) is 20.0. The Morgan fingerprint density at radius 1 is 0.667 bits per heavy atom. The third-order valence-corrected chi connectivity index (χ3v) is 5.69. The zero-order chi connectivity index (χ0) is 22.5. The maximum absolute atomic E-state index is 11.6. The van der Waals surface area contributed by atoms with E-state index in [2.05, 4.69) is 11.7 Å². The maximum Gasteiger partial charge on any atom is 0.379 e. The molecule has 0 bridgehead atoms. The van der Waals surface area contributed by atoms with Crippen LogP contribution in [0.3, 0.4) is 0 Å². The second-order valence-electron chi connectivity index (χ2n) is 8.63. The second-order valence-corrected chi connectivity index (χ2v) is 8.63. The van der Waals surface area contributed by atoms with Crippen LogP contribution in [0.1, 0.15) is 136 Å². The van der Waals surface area contributed by atoms with Crippen molar-refractivity contribution in [1.29, 1.82) is 0 Å². The number of carbonyl (C=O) groups is 2. The second kappa shape index (κ2) is 19.8. The van der Waals surface area contributed by atoms with Crippen molar-refractivity contribution >= 4 is 11.9 Å². The van der Waals surface area contributed by atoms with Crippen LogP contribution in [0.25, 0.3) is 0 Å². The minimum absolute atomic E-state index is 0.0813. The van der Waals surface area contributed by atoms with E-state index in [-0.39, 0.29) is 6.42 Å². The van der Waals surface area contributed by atoms with Crippen LogP contribution in [0.15, 0.2) is 0 Å². The summed E-state index contributed by atoms with van der Waals surface area (Å²) in [7, 11) is 1.17. The van der Waals surface area contributed by atoms with Crippen molar-refractivity contribution < 1.29 is 24.2 Å². The van der Waals surface area contributed by atoms with Crippen LogP contribution in [-0.2, 0) is 19.1 Å². The molecule has 0 aromatic carbocycles. The number of unbranched alkanes of at least 4 members (excludes halogenated alkanes) is 17. The topological polar surface area (TPSA) is 72.8 Å². The first kappa shape index (κ1) is 28.9. The molecule has 0 saturated carbocycles. The number of carbonyl (C=O) groups excluding carboxylic acids is 2. The molecule has 0 rings (SSSR count). The van der Waals surface area contributed by atoms with Gasteiger partial charge in [0.2, 0.25) is 0 Å². The van der Waals surface area contributed by atoms with Gasteiger partial charge in [0, 0.05) is 13.3 Å². The Labute approximate surface area is 185 Å². The van der Waals surface area contributed by atoms with Crippen molar-refractivity contribution in [2.24, 2.45) is 0 Å². The van der Waals surface area contributed by atoms with Gasteiger partial charge in [-0.05, 0) is 6.42 Å². The first-order valence-electron chi connectivity index (χ1n) is 12.5. The van der Waals surface area contributed by atoms with Crippen LogP contribution in [0, 0.1) is 0 Å². The molecule has 1 unspecified atom stereocenters. The lowest BCUT2D eigenvalue weighted by Crippen LogP contribution is -2.43. The van der Waals surface area contributed by atoms with Crippen LogP contribution in [-0.4, -0.2) is 29.9 Å². The van der Waals surface area contributed by atoms with Crippen molar-refractivity contribution in [3.05, 3.63) is 0 Å². The molecule has 0 aromatic heterocycles. The van der Waals surface area contributed by atoms with Crippen molar-refractivity contribution in [3.8, 4) is 0 Å². The van der Waals surface area contributed by atoms with Gasteiger partial charge in [0.05, 0.1) is 7.11 Å². The maximum atomic E-state index is 11.6. The SMILES string of the molecule is CCCCCCCCCCCCCCCCCCCCC(O)(OC(C)=O)C(=O)OC. The molecule has 0 radical (unpaired) electrons. The Balaban J connectivity index is 3.43.